The minimum absolute atomic E-state index is 0.0403. The van der Waals surface area contributed by atoms with E-state index in [0.717, 1.165) is 5.56 Å². The Morgan fingerprint density at radius 1 is 1.10 bits per heavy atom. The number of hydrogen-bond donors (Lipinski definition) is 0. The van der Waals surface area contributed by atoms with Crippen LogP contribution in [0, 0.1) is 35.5 Å². The molecule has 1 aliphatic heterocycles. The van der Waals surface area contributed by atoms with Gasteiger partial charge in [0.2, 0.25) is 11.8 Å². The number of likely N-dealkylation sites (tertiary alicyclic amines) is 1. The Morgan fingerprint density at radius 2 is 1.76 bits per heavy atom. The summed E-state index contributed by atoms with van der Waals surface area (Å²) < 4.78 is 0. The van der Waals surface area contributed by atoms with E-state index in [0.29, 0.717) is 30.2 Å². The number of carbonyl (C=O) groups is 2. The first-order chi connectivity index (χ1) is 10.3. The molecule has 0 unspecified atom stereocenters. The molecule has 6 rings (SSSR count). The number of carbonyl (C=O) groups excluding carboxylic acids is 2. The van der Waals surface area contributed by atoms with Crippen molar-refractivity contribution >= 4 is 11.8 Å². The second-order valence-electron chi connectivity index (χ2n) is 6.78. The molecular weight excluding hydrogens is 264 g/mol. The van der Waals surface area contributed by atoms with E-state index < -0.39 is 0 Å². The van der Waals surface area contributed by atoms with Gasteiger partial charge in [-0.15, -0.1) is 0 Å². The van der Waals surface area contributed by atoms with Crippen LogP contribution in [-0.4, -0.2) is 21.7 Å². The highest BCUT2D eigenvalue weighted by Crippen LogP contribution is 2.65. The number of rotatable bonds is 2. The lowest BCUT2D eigenvalue weighted by atomic mass is 9.63. The van der Waals surface area contributed by atoms with E-state index in [1.807, 2.05) is 12.1 Å². The lowest BCUT2D eigenvalue weighted by molar-refractivity contribution is -0.140. The number of allylic oxidation sites excluding steroid dienone is 2. The summed E-state index contributed by atoms with van der Waals surface area (Å²) in [5.41, 5.74) is 0.920. The minimum atomic E-state index is -0.0899. The van der Waals surface area contributed by atoms with E-state index in [1.165, 1.54) is 11.3 Å². The lowest BCUT2D eigenvalue weighted by Crippen LogP contribution is -2.40. The van der Waals surface area contributed by atoms with Gasteiger partial charge in [-0.05, 0) is 41.7 Å². The van der Waals surface area contributed by atoms with Gasteiger partial charge in [-0.3, -0.25) is 19.5 Å². The average Bonchev–Trinajstić information content (AvgIpc) is 3.30. The van der Waals surface area contributed by atoms with Crippen molar-refractivity contribution in [2.75, 3.05) is 0 Å². The Bertz CT molecular complexity index is 633. The summed E-state index contributed by atoms with van der Waals surface area (Å²) in [6.07, 6.45) is 9.05. The van der Waals surface area contributed by atoms with Crippen molar-refractivity contribution in [1.29, 1.82) is 0 Å². The third-order valence-corrected chi connectivity index (χ3v) is 5.82. The van der Waals surface area contributed by atoms with Crippen molar-refractivity contribution in [3.63, 3.8) is 0 Å². The quantitative estimate of drug-likeness (QED) is 0.611. The predicted molar refractivity (Wildman–Crippen MR) is 74.5 cm³/mol. The van der Waals surface area contributed by atoms with E-state index >= 15 is 0 Å². The second-order valence-corrected chi connectivity index (χ2v) is 6.78. The molecule has 0 aromatic carbocycles. The molecule has 4 aliphatic carbocycles. The molecule has 1 aromatic rings. The van der Waals surface area contributed by atoms with Gasteiger partial charge in [-0.1, -0.05) is 18.2 Å². The molecule has 2 bridgehead atoms. The van der Waals surface area contributed by atoms with E-state index in [1.54, 1.807) is 12.4 Å². The number of nitrogens with zero attached hydrogens (tertiary/aromatic N) is 2. The summed E-state index contributed by atoms with van der Waals surface area (Å²) in [5.74, 6) is 1.84. The molecular formula is C17H16N2O2. The molecule has 106 valence electrons. The summed E-state index contributed by atoms with van der Waals surface area (Å²) in [6.45, 7) is 0.368. The van der Waals surface area contributed by atoms with Crippen molar-refractivity contribution in [1.82, 2.24) is 9.88 Å². The molecule has 3 fully saturated rings. The fourth-order valence-electron chi connectivity index (χ4n) is 4.85. The maximum absolute atomic E-state index is 12.8. The highest BCUT2D eigenvalue weighted by molar-refractivity contribution is 6.06. The van der Waals surface area contributed by atoms with Gasteiger partial charge in [-0.25, -0.2) is 0 Å². The van der Waals surface area contributed by atoms with E-state index in [9.17, 15) is 9.59 Å². The predicted octanol–water partition coefficient (Wildman–Crippen LogP) is 1.63. The minimum Gasteiger partial charge on any atom is -0.278 e. The first-order valence-corrected chi connectivity index (χ1v) is 7.68. The maximum Gasteiger partial charge on any atom is 0.234 e. The number of pyridine rings is 1. The van der Waals surface area contributed by atoms with Gasteiger partial charge in [0, 0.05) is 12.4 Å². The van der Waals surface area contributed by atoms with Crippen LogP contribution in [0.25, 0.3) is 0 Å². The van der Waals surface area contributed by atoms with E-state index in [-0.39, 0.29) is 23.7 Å². The normalized spacial score (nSPS) is 42.2. The van der Waals surface area contributed by atoms with Crippen LogP contribution < -0.4 is 0 Å². The Hall–Kier alpha value is -1.97. The van der Waals surface area contributed by atoms with Gasteiger partial charge in [0.05, 0.1) is 18.4 Å². The number of aromatic nitrogens is 1. The van der Waals surface area contributed by atoms with Crippen LogP contribution >= 0.6 is 0 Å². The topological polar surface area (TPSA) is 50.3 Å². The molecule has 21 heavy (non-hydrogen) atoms. The van der Waals surface area contributed by atoms with Crippen LogP contribution in [0.1, 0.15) is 12.0 Å². The zero-order valence-corrected chi connectivity index (χ0v) is 11.6. The summed E-state index contributed by atoms with van der Waals surface area (Å²) >= 11 is 0. The number of amides is 2. The van der Waals surface area contributed by atoms with Crippen LogP contribution in [0.2, 0.25) is 0 Å². The molecule has 5 aliphatic rings. The third kappa shape index (κ3) is 1.42. The average molecular weight is 280 g/mol. The van der Waals surface area contributed by atoms with Gasteiger partial charge in [-0.2, -0.15) is 0 Å². The first-order valence-electron chi connectivity index (χ1n) is 7.68. The van der Waals surface area contributed by atoms with Gasteiger partial charge < -0.3 is 0 Å². The zero-order chi connectivity index (χ0) is 14.1. The molecule has 2 heterocycles. The molecule has 2 saturated carbocycles. The van der Waals surface area contributed by atoms with Gasteiger partial charge in [0.15, 0.2) is 0 Å². The Balaban J connectivity index is 1.49. The Morgan fingerprint density at radius 3 is 2.33 bits per heavy atom. The van der Waals surface area contributed by atoms with Crippen molar-refractivity contribution in [2.45, 2.75) is 13.0 Å². The maximum atomic E-state index is 12.8. The summed E-state index contributed by atoms with van der Waals surface area (Å²) in [4.78, 5) is 31.1. The Kier molecular flexibility index (Phi) is 2.12. The van der Waals surface area contributed by atoms with Gasteiger partial charge in [0.25, 0.3) is 0 Å². The summed E-state index contributed by atoms with van der Waals surface area (Å²) in [5, 5.41) is 0. The fourth-order valence-corrected chi connectivity index (χ4v) is 4.85. The highest BCUT2D eigenvalue weighted by atomic mass is 16.2. The van der Waals surface area contributed by atoms with Crippen LogP contribution in [-0.2, 0) is 16.1 Å². The smallest absolute Gasteiger partial charge is 0.234 e. The van der Waals surface area contributed by atoms with Crippen LogP contribution in [0.4, 0.5) is 0 Å². The van der Waals surface area contributed by atoms with Crippen LogP contribution in [0.3, 0.4) is 0 Å². The first kappa shape index (κ1) is 11.7. The lowest BCUT2D eigenvalue weighted by Gasteiger charge is -2.37. The van der Waals surface area contributed by atoms with Crippen LogP contribution in [0.15, 0.2) is 36.7 Å². The molecule has 4 nitrogen and oxygen atoms in total. The molecule has 0 radical (unpaired) electrons. The molecule has 1 saturated heterocycles. The van der Waals surface area contributed by atoms with Gasteiger partial charge in [0.1, 0.15) is 0 Å². The van der Waals surface area contributed by atoms with Crippen LogP contribution in [0.5, 0.6) is 0 Å². The summed E-state index contributed by atoms with van der Waals surface area (Å²) in [7, 11) is 0. The molecule has 0 spiro atoms. The standard InChI is InChI=1S/C17H16N2O2/c20-16-14-10-3-4-11(13-6-12(10)13)15(14)17(21)19(16)8-9-2-1-5-18-7-9/h1-5,7,10-15H,6,8H2/t10-,11-,12-,13-,14-,15+/m0/s1. The molecule has 4 heteroatoms. The molecule has 1 aromatic heterocycles. The van der Waals surface area contributed by atoms with E-state index in [2.05, 4.69) is 17.1 Å². The van der Waals surface area contributed by atoms with E-state index in [4.69, 9.17) is 0 Å². The highest BCUT2D eigenvalue weighted by Gasteiger charge is 2.66. The third-order valence-electron chi connectivity index (χ3n) is 5.82. The summed E-state index contributed by atoms with van der Waals surface area (Å²) in [6, 6.07) is 3.76. The fraction of sp³-hybridized carbons (Fsp3) is 0.471. The van der Waals surface area contributed by atoms with Crippen molar-refractivity contribution < 1.29 is 9.59 Å². The molecule has 0 N–H and O–H groups in total. The number of hydrogen-bond acceptors (Lipinski definition) is 3. The van der Waals surface area contributed by atoms with Gasteiger partial charge >= 0.3 is 0 Å². The van der Waals surface area contributed by atoms with Crippen molar-refractivity contribution in [3.8, 4) is 0 Å². The SMILES string of the molecule is O=C1[C@@H]2[C@H]3C=C[C@@H]([C@@H]4C[C@@H]34)[C@@H]2C(=O)N1Cc1cccnc1. The van der Waals surface area contributed by atoms with Crippen molar-refractivity contribution in [3.05, 3.63) is 42.2 Å². The zero-order valence-electron chi connectivity index (χ0n) is 11.6. The van der Waals surface area contributed by atoms with Crippen molar-refractivity contribution in [2.24, 2.45) is 35.5 Å². The molecule has 2 amide bonds. The largest absolute Gasteiger partial charge is 0.278 e. The molecule has 6 atom stereocenters. The second kappa shape index (κ2) is 3.81. The number of imide groups is 1. The monoisotopic (exact) mass is 280 g/mol. The Labute approximate surface area is 122 Å².